The van der Waals surface area contributed by atoms with Gasteiger partial charge in [0, 0.05) is 31.4 Å². The van der Waals surface area contributed by atoms with E-state index in [0.717, 1.165) is 33.6 Å². The van der Waals surface area contributed by atoms with Crippen LogP contribution >= 0.6 is 0 Å². The molecule has 44 heavy (non-hydrogen) atoms. The van der Waals surface area contributed by atoms with Crippen molar-refractivity contribution in [3.8, 4) is 16.9 Å². The van der Waals surface area contributed by atoms with Crippen LogP contribution in [-0.2, 0) is 25.7 Å². The number of rotatable bonds is 7. The fourth-order valence-corrected chi connectivity index (χ4v) is 7.30. The van der Waals surface area contributed by atoms with Crippen LogP contribution in [0.5, 0.6) is 5.75 Å². The Balaban J connectivity index is 1.62. The normalized spacial score (nSPS) is 17.6. The molecule has 1 aromatic heterocycles. The predicted molar refractivity (Wildman–Crippen MR) is 160 cm³/mol. The van der Waals surface area contributed by atoms with Crippen LogP contribution in [0.2, 0.25) is 0 Å². The third-order valence-electron chi connectivity index (χ3n) is 8.18. The average Bonchev–Trinajstić information content (AvgIpc) is 2.99. The van der Waals surface area contributed by atoms with E-state index in [1.807, 2.05) is 34.9 Å². The van der Waals surface area contributed by atoms with Crippen molar-refractivity contribution in [2.24, 2.45) is 0 Å². The maximum absolute atomic E-state index is 14.2. The Hall–Kier alpha value is -3.84. The van der Waals surface area contributed by atoms with E-state index in [1.54, 1.807) is 40.1 Å². The highest BCUT2D eigenvalue weighted by molar-refractivity contribution is 7.92. The molecule has 0 aliphatic carbocycles. The Morgan fingerprint density at radius 3 is 2.48 bits per heavy atom. The third kappa shape index (κ3) is 5.82. The highest BCUT2D eigenvalue weighted by Crippen LogP contribution is 2.42. The number of benzene rings is 2. The van der Waals surface area contributed by atoms with Crippen LogP contribution in [0.25, 0.3) is 11.1 Å². The van der Waals surface area contributed by atoms with Crippen LogP contribution in [0.4, 0.5) is 24.7 Å². The summed E-state index contributed by atoms with van der Waals surface area (Å²) in [6.07, 6.45) is -3.07. The molecular formula is C31H35F3N4O5S. The Kier molecular flexibility index (Phi) is 8.31. The molecule has 1 atom stereocenters. The zero-order valence-electron chi connectivity index (χ0n) is 25.2. The number of hydrogen-bond acceptors (Lipinski definition) is 8. The predicted octanol–water partition coefficient (Wildman–Crippen LogP) is 5.13. The number of alkyl halides is 3. The average molecular weight is 633 g/mol. The zero-order chi connectivity index (χ0) is 32.0. The first-order valence-electron chi connectivity index (χ1n) is 14.2. The molecule has 3 heterocycles. The van der Waals surface area contributed by atoms with E-state index < -0.39 is 44.2 Å². The number of aromatic nitrogens is 1. The van der Waals surface area contributed by atoms with Gasteiger partial charge in [0.1, 0.15) is 11.3 Å². The first kappa shape index (κ1) is 31.6. The maximum atomic E-state index is 14.2. The lowest BCUT2D eigenvalue weighted by atomic mass is 9.98. The van der Waals surface area contributed by atoms with Gasteiger partial charge in [0.2, 0.25) is 0 Å². The van der Waals surface area contributed by atoms with Crippen LogP contribution in [-0.4, -0.2) is 75.7 Å². The molecular weight excluding hydrogens is 597 g/mol. The van der Waals surface area contributed by atoms with Crippen molar-refractivity contribution in [3.05, 3.63) is 65.9 Å². The van der Waals surface area contributed by atoms with Crippen LogP contribution < -0.4 is 13.9 Å². The first-order chi connectivity index (χ1) is 20.7. The minimum Gasteiger partial charge on any atom is -0.497 e. The molecule has 0 N–H and O–H groups in total. The number of pyridine rings is 1. The van der Waals surface area contributed by atoms with Gasteiger partial charge in [-0.25, -0.2) is 13.4 Å². The van der Waals surface area contributed by atoms with Gasteiger partial charge in [-0.15, -0.1) is 0 Å². The number of sulfonamides is 1. The van der Waals surface area contributed by atoms with E-state index in [9.17, 15) is 26.4 Å². The van der Waals surface area contributed by atoms with E-state index in [-0.39, 0.29) is 18.8 Å². The molecule has 1 fully saturated rings. The number of anilines is 2. The van der Waals surface area contributed by atoms with E-state index in [1.165, 1.54) is 0 Å². The SMILES string of the molecule is CCOC(=O)C(C)(C)N1CCN2c3ncc(-c4cc(C)cc(OC)c4)cc3N(S(=O)(=O)c3cccc(C(F)(F)F)c3)C[C@@H]2C1. The number of hydrogen-bond donors (Lipinski definition) is 0. The molecule has 1 saturated heterocycles. The Bertz CT molecular complexity index is 1680. The number of fused-ring (bicyclic) bond motifs is 3. The number of aryl methyl sites for hydroxylation is 1. The second-order valence-electron chi connectivity index (χ2n) is 11.4. The largest absolute Gasteiger partial charge is 0.497 e. The van der Waals surface area contributed by atoms with Gasteiger partial charge in [-0.05, 0) is 75.2 Å². The lowest BCUT2D eigenvalue weighted by Crippen LogP contribution is -2.65. The lowest BCUT2D eigenvalue weighted by Gasteiger charge is -2.51. The number of halogens is 3. The van der Waals surface area contributed by atoms with Crippen molar-refractivity contribution in [2.75, 3.05) is 49.1 Å². The molecule has 0 amide bonds. The molecule has 2 aliphatic rings. The fraction of sp³-hybridized carbons (Fsp3) is 0.419. The van der Waals surface area contributed by atoms with Gasteiger partial charge in [-0.3, -0.25) is 14.0 Å². The maximum Gasteiger partial charge on any atom is 0.416 e. The van der Waals surface area contributed by atoms with Crippen molar-refractivity contribution in [1.29, 1.82) is 0 Å². The summed E-state index contributed by atoms with van der Waals surface area (Å²) in [6.45, 7) is 8.55. The monoisotopic (exact) mass is 632 g/mol. The summed E-state index contributed by atoms with van der Waals surface area (Å²) >= 11 is 0. The topological polar surface area (TPSA) is 92.3 Å². The van der Waals surface area contributed by atoms with Crippen LogP contribution in [0.1, 0.15) is 31.9 Å². The van der Waals surface area contributed by atoms with Gasteiger partial charge in [-0.2, -0.15) is 13.2 Å². The van der Waals surface area contributed by atoms with Crippen LogP contribution in [0, 0.1) is 6.92 Å². The van der Waals surface area contributed by atoms with E-state index in [0.29, 0.717) is 42.8 Å². The van der Waals surface area contributed by atoms with E-state index >= 15 is 0 Å². The molecule has 2 aliphatic heterocycles. The summed E-state index contributed by atoms with van der Waals surface area (Å²) in [5, 5.41) is 0. The molecule has 3 aromatic rings. The quantitative estimate of drug-likeness (QED) is 0.332. The van der Waals surface area contributed by atoms with Gasteiger partial charge >= 0.3 is 12.1 Å². The molecule has 0 spiro atoms. The van der Waals surface area contributed by atoms with Crippen molar-refractivity contribution in [2.45, 2.75) is 50.3 Å². The molecule has 9 nitrogen and oxygen atoms in total. The number of methoxy groups -OCH3 is 1. The molecule has 5 rings (SSSR count). The van der Waals surface area contributed by atoms with Crippen molar-refractivity contribution in [1.82, 2.24) is 9.88 Å². The summed E-state index contributed by atoms with van der Waals surface area (Å²) in [7, 11) is -2.92. The number of carbonyl (C=O) groups is 1. The standard InChI is InChI=1S/C31H35F3N4O5S/c1-6-43-29(39)30(3,4)36-10-11-37-24(18-36)19-38(44(40,41)26-9-7-8-23(16-26)31(32,33)34)27-15-22(17-35-28(27)37)21-12-20(2)13-25(14-21)42-5/h7-9,12-17,24H,6,10-11,18-19H2,1-5H3/t24-/m0/s1. The van der Waals surface area contributed by atoms with E-state index in [4.69, 9.17) is 14.5 Å². The molecule has 0 saturated carbocycles. The Morgan fingerprint density at radius 1 is 1.05 bits per heavy atom. The number of carbonyl (C=O) groups excluding carboxylic acids is 1. The second kappa shape index (κ2) is 11.6. The molecule has 0 unspecified atom stereocenters. The molecule has 0 radical (unpaired) electrons. The van der Waals surface area contributed by atoms with Gasteiger partial charge in [0.15, 0.2) is 5.82 Å². The number of nitrogens with zero attached hydrogens (tertiary/aromatic N) is 4. The first-order valence-corrected chi connectivity index (χ1v) is 15.7. The van der Waals surface area contributed by atoms with Gasteiger partial charge in [0.05, 0.1) is 42.4 Å². The van der Waals surface area contributed by atoms with Gasteiger partial charge < -0.3 is 14.4 Å². The molecule has 2 aromatic carbocycles. The number of esters is 1. The molecule has 236 valence electrons. The summed E-state index contributed by atoms with van der Waals surface area (Å²) in [5.41, 5.74) is 0.512. The van der Waals surface area contributed by atoms with E-state index in [2.05, 4.69) is 0 Å². The summed E-state index contributed by atoms with van der Waals surface area (Å²) < 4.78 is 81.0. The fourth-order valence-electron chi connectivity index (χ4n) is 5.75. The van der Waals surface area contributed by atoms with Crippen LogP contribution in [0.3, 0.4) is 0 Å². The summed E-state index contributed by atoms with van der Waals surface area (Å²) in [4.78, 5) is 21.0. The molecule has 13 heteroatoms. The second-order valence-corrected chi connectivity index (χ2v) is 13.3. The van der Waals surface area contributed by atoms with Gasteiger partial charge in [-0.1, -0.05) is 12.1 Å². The molecule has 0 bridgehead atoms. The zero-order valence-corrected chi connectivity index (χ0v) is 26.0. The smallest absolute Gasteiger partial charge is 0.416 e. The Morgan fingerprint density at radius 2 is 1.80 bits per heavy atom. The van der Waals surface area contributed by atoms with Crippen molar-refractivity contribution < 1.29 is 35.9 Å². The van der Waals surface area contributed by atoms with Crippen molar-refractivity contribution >= 4 is 27.5 Å². The van der Waals surface area contributed by atoms with Crippen molar-refractivity contribution in [3.63, 3.8) is 0 Å². The van der Waals surface area contributed by atoms with Gasteiger partial charge in [0.25, 0.3) is 10.0 Å². The summed E-state index contributed by atoms with van der Waals surface area (Å²) in [6, 6.07) is 10.6. The number of ether oxygens (including phenoxy) is 2. The highest BCUT2D eigenvalue weighted by Gasteiger charge is 2.46. The lowest BCUT2D eigenvalue weighted by molar-refractivity contribution is -0.156. The Labute approximate surface area is 255 Å². The van der Waals surface area contributed by atoms with Crippen LogP contribution in [0.15, 0.2) is 59.6 Å². The summed E-state index contributed by atoms with van der Waals surface area (Å²) in [5.74, 6) is 0.620. The third-order valence-corrected chi connectivity index (χ3v) is 9.96. The highest BCUT2D eigenvalue weighted by atomic mass is 32.2. The minimum atomic E-state index is -4.72. The minimum absolute atomic E-state index is 0.0662. The number of piperazine rings is 1.